The predicted molar refractivity (Wildman–Crippen MR) is 76.3 cm³/mol. The summed E-state index contributed by atoms with van der Waals surface area (Å²) in [6.07, 6.45) is -1.54. The van der Waals surface area contributed by atoms with Crippen molar-refractivity contribution in [2.45, 2.75) is 38.4 Å². The summed E-state index contributed by atoms with van der Waals surface area (Å²) >= 11 is 0. The van der Waals surface area contributed by atoms with Crippen LogP contribution in [-0.2, 0) is 11.3 Å². The maximum atomic E-state index is 12.8. The molecule has 2 aromatic rings. The summed E-state index contributed by atoms with van der Waals surface area (Å²) in [5.41, 5.74) is 0.659. The van der Waals surface area contributed by atoms with E-state index in [1.165, 1.54) is 0 Å². The molecular weight excluding hydrogens is 309 g/mol. The smallest absolute Gasteiger partial charge is 0.349 e. The number of nitrogens with one attached hydrogen (secondary N) is 1. The first kappa shape index (κ1) is 15.8. The summed E-state index contributed by atoms with van der Waals surface area (Å²) in [7, 11) is 0. The molecule has 0 aliphatic heterocycles. The van der Waals surface area contributed by atoms with Gasteiger partial charge in [-0.2, -0.15) is 13.2 Å². The quantitative estimate of drug-likeness (QED) is 0.943. The summed E-state index contributed by atoms with van der Waals surface area (Å²) in [5.74, 6) is -1.75. The summed E-state index contributed by atoms with van der Waals surface area (Å²) in [5, 5.41) is 10.6. The van der Waals surface area contributed by atoms with Gasteiger partial charge in [0.25, 0.3) is 0 Å². The molecule has 0 saturated heterocycles. The van der Waals surface area contributed by atoms with E-state index in [1.807, 2.05) is 12.1 Å². The third-order valence-corrected chi connectivity index (χ3v) is 4.31. The van der Waals surface area contributed by atoms with Gasteiger partial charge in [0.15, 0.2) is 11.5 Å². The van der Waals surface area contributed by atoms with Gasteiger partial charge >= 0.3 is 6.18 Å². The van der Waals surface area contributed by atoms with E-state index in [-0.39, 0.29) is 25.3 Å². The fourth-order valence-electron chi connectivity index (χ4n) is 3.05. The molecule has 1 N–H and O–H groups in total. The monoisotopic (exact) mass is 326 g/mol. The first-order valence-electron chi connectivity index (χ1n) is 7.58. The van der Waals surface area contributed by atoms with Gasteiger partial charge in [-0.05, 0) is 31.4 Å². The molecule has 2 heterocycles. The fourth-order valence-corrected chi connectivity index (χ4v) is 3.05. The van der Waals surface area contributed by atoms with Crippen LogP contribution in [0.4, 0.5) is 13.2 Å². The Hall–Kier alpha value is -2.12. The zero-order valence-corrected chi connectivity index (χ0v) is 12.4. The van der Waals surface area contributed by atoms with E-state index in [4.69, 9.17) is 0 Å². The number of carbonyl (C=O) groups is 1. The molecule has 0 spiro atoms. The lowest BCUT2D eigenvalue weighted by molar-refractivity contribution is -0.186. The van der Waals surface area contributed by atoms with E-state index in [0.29, 0.717) is 24.3 Å². The number of fused-ring (bicyclic) bond motifs is 1. The first-order chi connectivity index (χ1) is 10.9. The molecule has 1 aliphatic carbocycles. The number of nitrogens with zero attached hydrogens (tertiary/aromatic N) is 3. The average Bonchev–Trinajstić information content (AvgIpc) is 2.95. The van der Waals surface area contributed by atoms with Crippen molar-refractivity contribution in [1.29, 1.82) is 0 Å². The standard InChI is InChI=1S/C15H17F3N4O/c16-15(17,18)11-5-3-4-10(8-11)14(23)19-9-13-21-20-12-6-1-2-7-22(12)13/h1-2,6-7,10-11H,3-5,8-9H2,(H,19,23)/t10-,11+/m1/s1. The van der Waals surface area contributed by atoms with Gasteiger partial charge in [-0.15, -0.1) is 10.2 Å². The predicted octanol–water partition coefficient (Wildman–Crippen LogP) is 2.71. The SMILES string of the molecule is O=C(NCc1nnc2ccccn12)[C@@H]1CCC[C@H](C(F)(F)F)C1. The van der Waals surface area contributed by atoms with Crippen molar-refractivity contribution in [3.05, 3.63) is 30.2 Å². The highest BCUT2D eigenvalue weighted by Crippen LogP contribution is 2.39. The van der Waals surface area contributed by atoms with Crippen LogP contribution in [0.1, 0.15) is 31.5 Å². The van der Waals surface area contributed by atoms with Gasteiger partial charge < -0.3 is 5.32 Å². The molecule has 1 aliphatic rings. The summed E-state index contributed by atoms with van der Waals surface area (Å²) in [6, 6.07) is 5.43. The molecule has 124 valence electrons. The Labute approximate surface area is 130 Å². The van der Waals surface area contributed by atoms with Crippen molar-refractivity contribution in [2.75, 3.05) is 0 Å². The van der Waals surface area contributed by atoms with Crippen LogP contribution in [-0.4, -0.2) is 26.7 Å². The Balaban J connectivity index is 1.61. The zero-order valence-electron chi connectivity index (χ0n) is 12.4. The normalized spacial score (nSPS) is 22.2. The number of halogens is 3. The third kappa shape index (κ3) is 3.46. The second kappa shape index (κ2) is 6.17. The Morgan fingerprint density at radius 2 is 2.13 bits per heavy atom. The van der Waals surface area contributed by atoms with Crippen molar-refractivity contribution >= 4 is 11.6 Å². The third-order valence-electron chi connectivity index (χ3n) is 4.31. The van der Waals surface area contributed by atoms with Gasteiger partial charge in [-0.3, -0.25) is 9.20 Å². The highest BCUT2D eigenvalue weighted by molar-refractivity contribution is 5.78. The Bertz CT molecular complexity index is 697. The van der Waals surface area contributed by atoms with Crippen LogP contribution in [0.2, 0.25) is 0 Å². The molecule has 2 atom stereocenters. The average molecular weight is 326 g/mol. The van der Waals surface area contributed by atoms with Gasteiger partial charge in [0, 0.05) is 12.1 Å². The second-order valence-corrected chi connectivity index (χ2v) is 5.86. The van der Waals surface area contributed by atoms with E-state index in [0.717, 1.165) is 0 Å². The zero-order chi connectivity index (χ0) is 16.4. The van der Waals surface area contributed by atoms with Crippen molar-refractivity contribution in [3.63, 3.8) is 0 Å². The molecule has 1 saturated carbocycles. The Morgan fingerprint density at radius 3 is 2.91 bits per heavy atom. The molecule has 0 radical (unpaired) electrons. The van der Waals surface area contributed by atoms with Crippen molar-refractivity contribution in [2.24, 2.45) is 11.8 Å². The summed E-state index contributed by atoms with van der Waals surface area (Å²) in [6.45, 7) is 0.150. The number of rotatable bonds is 3. The van der Waals surface area contributed by atoms with Gasteiger partial charge in [-0.1, -0.05) is 12.5 Å². The number of hydrogen-bond donors (Lipinski definition) is 1. The Morgan fingerprint density at radius 1 is 1.30 bits per heavy atom. The van der Waals surface area contributed by atoms with E-state index < -0.39 is 18.0 Å². The molecule has 0 aromatic carbocycles. The van der Waals surface area contributed by atoms with Crippen LogP contribution in [0.25, 0.3) is 5.65 Å². The minimum Gasteiger partial charge on any atom is -0.349 e. The lowest BCUT2D eigenvalue weighted by Gasteiger charge is -2.29. The number of amides is 1. The maximum absolute atomic E-state index is 12.8. The number of hydrogen-bond acceptors (Lipinski definition) is 3. The summed E-state index contributed by atoms with van der Waals surface area (Å²) < 4.78 is 40.2. The van der Waals surface area contributed by atoms with Crippen LogP contribution < -0.4 is 5.32 Å². The topological polar surface area (TPSA) is 59.3 Å². The molecular formula is C15H17F3N4O. The fraction of sp³-hybridized carbons (Fsp3) is 0.533. The van der Waals surface area contributed by atoms with Crippen molar-refractivity contribution in [1.82, 2.24) is 19.9 Å². The van der Waals surface area contributed by atoms with Crippen molar-refractivity contribution < 1.29 is 18.0 Å². The van der Waals surface area contributed by atoms with Gasteiger partial charge in [0.1, 0.15) is 0 Å². The van der Waals surface area contributed by atoms with Crippen molar-refractivity contribution in [3.8, 4) is 0 Å². The van der Waals surface area contributed by atoms with E-state index >= 15 is 0 Å². The van der Waals surface area contributed by atoms with Gasteiger partial charge in [0.05, 0.1) is 12.5 Å². The molecule has 1 fully saturated rings. The number of aromatic nitrogens is 3. The molecule has 0 bridgehead atoms. The summed E-state index contributed by atoms with van der Waals surface area (Å²) in [4.78, 5) is 12.2. The molecule has 23 heavy (non-hydrogen) atoms. The van der Waals surface area contributed by atoms with Gasteiger partial charge in [0.2, 0.25) is 5.91 Å². The van der Waals surface area contributed by atoms with Gasteiger partial charge in [-0.25, -0.2) is 0 Å². The largest absolute Gasteiger partial charge is 0.391 e. The van der Waals surface area contributed by atoms with Crippen LogP contribution >= 0.6 is 0 Å². The minimum atomic E-state index is -4.22. The minimum absolute atomic E-state index is 0.113. The first-order valence-corrected chi connectivity index (χ1v) is 7.58. The molecule has 0 unspecified atom stereocenters. The Kier molecular flexibility index (Phi) is 4.23. The number of alkyl halides is 3. The number of pyridine rings is 1. The molecule has 8 heteroatoms. The highest BCUT2D eigenvalue weighted by atomic mass is 19.4. The lowest BCUT2D eigenvalue weighted by atomic mass is 9.80. The highest BCUT2D eigenvalue weighted by Gasteiger charge is 2.43. The van der Waals surface area contributed by atoms with E-state index in [2.05, 4.69) is 15.5 Å². The molecule has 1 amide bonds. The van der Waals surface area contributed by atoms with Crippen LogP contribution in [0.3, 0.4) is 0 Å². The van der Waals surface area contributed by atoms with E-state index in [9.17, 15) is 18.0 Å². The number of carbonyl (C=O) groups excluding carboxylic acids is 1. The molecule has 5 nitrogen and oxygen atoms in total. The van der Waals surface area contributed by atoms with E-state index in [1.54, 1.807) is 16.7 Å². The van der Waals surface area contributed by atoms with Crippen LogP contribution in [0.5, 0.6) is 0 Å². The second-order valence-electron chi connectivity index (χ2n) is 5.86. The molecule has 3 rings (SSSR count). The van der Waals surface area contributed by atoms with Crippen LogP contribution in [0, 0.1) is 11.8 Å². The molecule has 2 aromatic heterocycles. The maximum Gasteiger partial charge on any atom is 0.391 e. The van der Waals surface area contributed by atoms with Crippen LogP contribution in [0.15, 0.2) is 24.4 Å². The lowest BCUT2D eigenvalue weighted by Crippen LogP contribution is -2.37.